The van der Waals surface area contributed by atoms with Crippen LogP contribution in [0.1, 0.15) is 29.8 Å². The van der Waals surface area contributed by atoms with Crippen molar-refractivity contribution in [2.75, 3.05) is 6.54 Å². The number of hydrogen-bond donors (Lipinski definition) is 1. The van der Waals surface area contributed by atoms with Gasteiger partial charge < -0.3 is 5.32 Å². The first-order valence-electron chi connectivity index (χ1n) is 7.68. The van der Waals surface area contributed by atoms with Crippen molar-refractivity contribution in [1.29, 1.82) is 0 Å². The summed E-state index contributed by atoms with van der Waals surface area (Å²) < 4.78 is 37.6. The van der Waals surface area contributed by atoms with Crippen LogP contribution in [0.15, 0.2) is 53.4 Å². The molecule has 1 amide bonds. The summed E-state index contributed by atoms with van der Waals surface area (Å²) in [5.41, 5.74) is 0.905. The smallest absolute Gasteiger partial charge is 0.254 e. The molecule has 0 atom stereocenters. The van der Waals surface area contributed by atoms with E-state index in [0.717, 1.165) is 5.56 Å². The number of rotatable bonds is 6. The Hall–Kier alpha value is -2.21. The van der Waals surface area contributed by atoms with Crippen molar-refractivity contribution in [3.05, 3.63) is 65.5 Å². The normalized spacial score (nSPS) is 11.5. The SMILES string of the molecule is CC(C)S(=O)(=O)c1ccc(CCNC(=O)c2ccccc2F)cc1. The number of sulfone groups is 1. The molecule has 128 valence electrons. The molecule has 4 nitrogen and oxygen atoms in total. The van der Waals surface area contributed by atoms with E-state index in [0.29, 0.717) is 13.0 Å². The van der Waals surface area contributed by atoms with E-state index in [1.54, 1.807) is 44.2 Å². The molecule has 2 aromatic carbocycles. The fourth-order valence-corrected chi connectivity index (χ4v) is 3.24. The van der Waals surface area contributed by atoms with Crippen LogP contribution >= 0.6 is 0 Å². The maximum absolute atomic E-state index is 13.5. The van der Waals surface area contributed by atoms with Crippen LogP contribution in [-0.4, -0.2) is 26.1 Å². The predicted molar refractivity (Wildman–Crippen MR) is 91.2 cm³/mol. The maximum atomic E-state index is 13.5. The van der Waals surface area contributed by atoms with Gasteiger partial charge in [-0.3, -0.25) is 4.79 Å². The number of amides is 1. The Morgan fingerprint density at radius 1 is 1.08 bits per heavy atom. The molecule has 0 radical (unpaired) electrons. The monoisotopic (exact) mass is 349 g/mol. The van der Waals surface area contributed by atoms with Gasteiger partial charge in [-0.15, -0.1) is 0 Å². The van der Waals surface area contributed by atoms with Gasteiger partial charge in [-0.05, 0) is 50.1 Å². The highest BCUT2D eigenvalue weighted by Crippen LogP contribution is 2.16. The van der Waals surface area contributed by atoms with Crippen LogP contribution in [0.25, 0.3) is 0 Å². The van der Waals surface area contributed by atoms with Crippen LogP contribution in [-0.2, 0) is 16.3 Å². The molecule has 0 aliphatic heterocycles. The molecule has 2 rings (SSSR count). The van der Waals surface area contributed by atoms with Gasteiger partial charge in [0.2, 0.25) is 0 Å². The minimum Gasteiger partial charge on any atom is -0.352 e. The molecule has 0 aromatic heterocycles. The van der Waals surface area contributed by atoms with Gasteiger partial charge in [0.05, 0.1) is 15.7 Å². The third-order valence-corrected chi connectivity index (χ3v) is 5.86. The highest BCUT2D eigenvalue weighted by molar-refractivity contribution is 7.92. The van der Waals surface area contributed by atoms with Crippen molar-refractivity contribution >= 4 is 15.7 Å². The maximum Gasteiger partial charge on any atom is 0.254 e. The van der Waals surface area contributed by atoms with Crippen molar-refractivity contribution in [2.24, 2.45) is 0 Å². The Balaban J connectivity index is 1.94. The van der Waals surface area contributed by atoms with Gasteiger partial charge in [0.1, 0.15) is 5.82 Å². The fourth-order valence-electron chi connectivity index (χ4n) is 2.18. The third kappa shape index (κ3) is 4.20. The minimum atomic E-state index is -3.28. The summed E-state index contributed by atoms with van der Waals surface area (Å²) >= 11 is 0. The van der Waals surface area contributed by atoms with E-state index in [9.17, 15) is 17.6 Å². The van der Waals surface area contributed by atoms with Crippen molar-refractivity contribution in [2.45, 2.75) is 30.4 Å². The summed E-state index contributed by atoms with van der Waals surface area (Å²) in [5.74, 6) is -1.02. The minimum absolute atomic E-state index is 0.0101. The molecule has 0 aliphatic carbocycles. The molecule has 0 aliphatic rings. The topological polar surface area (TPSA) is 63.2 Å². The molecule has 1 N–H and O–H groups in total. The number of carbonyl (C=O) groups excluding carboxylic acids is 1. The molecular weight excluding hydrogens is 329 g/mol. The Morgan fingerprint density at radius 2 is 1.71 bits per heavy atom. The van der Waals surface area contributed by atoms with E-state index < -0.39 is 26.8 Å². The van der Waals surface area contributed by atoms with E-state index in [2.05, 4.69) is 5.32 Å². The molecule has 0 fully saturated rings. The second-order valence-corrected chi connectivity index (χ2v) is 8.23. The molecule has 0 saturated heterocycles. The van der Waals surface area contributed by atoms with E-state index >= 15 is 0 Å². The lowest BCUT2D eigenvalue weighted by Gasteiger charge is -2.09. The van der Waals surface area contributed by atoms with Crippen LogP contribution in [0.2, 0.25) is 0 Å². The average Bonchev–Trinajstić information content (AvgIpc) is 2.55. The highest BCUT2D eigenvalue weighted by atomic mass is 32.2. The van der Waals surface area contributed by atoms with Crippen LogP contribution in [0.5, 0.6) is 0 Å². The van der Waals surface area contributed by atoms with E-state index in [1.807, 2.05) is 0 Å². The highest BCUT2D eigenvalue weighted by Gasteiger charge is 2.18. The fraction of sp³-hybridized carbons (Fsp3) is 0.278. The molecule has 0 bridgehead atoms. The van der Waals surface area contributed by atoms with Crippen molar-refractivity contribution in [3.8, 4) is 0 Å². The number of nitrogens with one attached hydrogen (secondary N) is 1. The lowest BCUT2D eigenvalue weighted by atomic mass is 10.1. The van der Waals surface area contributed by atoms with Gasteiger partial charge in [-0.1, -0.05) is 24.3 Å². The zero-order chi connectivity index (χ0) is 17.7. The molecule has 0 unspecified atom stereocenters. The molecule has 0 saturated carbocycles. The molecular formula is C18H20FNO3S. The number of carbonyl (C=O) groups is 1. The standard InChI is InChI=1S/C18H20FNO3S/c1-13(2)24(22,23)15-9-7-14(8-10-15)11-12-20-18(21)16-5-3-4-6-17(16)19/h3-10,13H,11-12H2,1-2H3,(H,20,21). The lowest BCUT2D eigenvalue weighted by Crippen LogP contribution is -2.26. The van der Waals surface area contributed by atoms with Crippen molar-refractivity contribution in [1.82, 2.24) is 5.32 Å². The molecule has 0 heterocycles. The molecule has 2 aromatic rings. The second-order valence-electron chi connectivity index (χ2n) is 5.72. The van der Waals surface area contributed by atoms with Crippen LogP contribution in [0.3, 0.4) is 0 Å². The number of hydrogen-bond acceptors (Lipinski definition) is 3. The van der Waals surface area contributed by atoms with Gasteiger partial charge >= 0.3 is 0 Å². The second kappa shape index (κ2) is 7.57. The first-order chi connectivity index (χ1) is 11.3. The lowest BCUT2D eigenvalue weighted by molar-refractivity contribution is 0.0950. The summed E-state index contributed by atoms with van der Waals surface area (Å²) in [7, 11) is -3.28. The summed E-state index contributed by atoms with van der Waals surface area (Å²) in [6.07, 6.45) is 0.530. The Labute approximate surface area is 141 Å². The van der Waals surface area contributed by atoms with Gasteiger partial charge in [-0.25, -0.2) is 12.8 Å². The van der Waals surface area contributed by atoms with E-state index in [1.165, 1.54) is 18.2 Å². The van der Waals surface area contributed by atoms with Crippen LogP contribution < -0.4 is 5.32 Å². The zero-order valence-corrected chi connectivity index (χ0v) is 14.4. The summed E-state index contributed by atoms with van der Waals surface area (Å²) in [6.45, 7) is 3.62. The van der Waals surface area contributed by atoms with Crippen LogP contribution in [0.4, 0.5) is 4.39 Å². The Bertz CT molecular complexity index is 814. The van der Waals surface area contributed by atoms with Gasteiger partial charge in [0.25, 0.3) is 5.91 Å². The van der Waals surface area contributed by atoms with E-state index in [-0.39, 0.29) is 10.5 Å². The summed E-state index contributed by atoms with van der Waals surface area (Å²) in [5, 5.41) is 2.19. The van der Waals surface area contributed by atoms with Gasteiger partial charge in [-0.2, -0.15) is 0 Å². The number of halogens is 1. The largest absolute Gasteiger partial charge is 0.352 e. The number of benzene rings is 2. The molecule has 0 spiro atoms. The predicted octanol–water partition coefficient (Wildman–Crippen LogP) is 2.98. The van der Waals surface area contributed by atoms with Crippen molar-refractivity contribution < 1.29 is 17.6 Å². The molecule has 24 heavy (non-hydrogen) atoms. The molecule has 6 heteroatoms. The first-order valence-corrected chi connectivity index (χ1v) is 9.22. The van der Waals surface area contributed by atoms with Gasteiger partial charge in [0, 0.05) is 6.54 Å². The Kier molecular flexibility index (Phi) is 5.72. The first kappa shape index (κ1) is 18.1. The average molecular weight is 349 g/mol. The zero-order valence-electron chi connectivity index (χ0n) is 13.6. The van der Waals surface area contributed by atoms with Crippen molar-refractivity contribution in [3.63, 3.8) is 0 Å². The quantitative estimate of drug-likeness (QED) is 0.872. The summed E-state index contributed by atoms with van der Waals surface area (Å²) in [4.78, 5) is 12.2. The van der Waals surface area contributed by atoms with E-state index in [4.69, 9.17) is 0 Å². The third-order valence-electron chi connectivity index (χ3n) is 3.69. The van der Waals surface area contributed by atoms with Gasteiger partial charge in [0.15, 0.2) is 9.84 Å². The van der Waals surface area contributed by atoms with Crippen LogP contribution in [0, 0.1) is 5.82 Å². The summed E-state index contributed by atoms with van der Waals surface area (Å²) in [6, 6.07) is 12.4. The Morgan fingerprint density at radius 3 is 2.29 bits per heavy atom.